The van der Waals surface area contributed by atoms with E-state index in [9.17, 15) is 0 Å². The van der Waals surface area contributed by atoms with E-state index in [-0.39, 0.29) is 11.5 Å². The molecule has 1 heterocycles. The number of ether oxygens (including phenoxy) is 1. The van der Waals surface area contributed by atoms with Crippen molar-refractivity contribution < 1.29 is 4.74 Å². The molecule has 0 N–H and O–H groups in total. The third-order valence-corrected chi connectivity index (χ3v) is 5.89. The van der Waals surface area contributed by atoms with Crippen molar-refractivity contribution in [3.05, 3.63) is 54.1 Å². The minimum absolute atomic E-state index is 0.195. The van der Waals surface area contributed by atoms with E-state index in [1.54, 1.807) is 0 Å². The lowest BCUT2D eigenvalue weighted by Crippen LogP contribution is -2.34. The summed E-state index contributed by atoms with van der Waals surface area (Å²) in [6.07, 6.45) is 11.4. The van der Waals surface area contributed by atoms with Crippen molar-refractivity contribution in [3.63, 3.8) is 0 Å². The van der Waals surface area contributed by atoms with E-state index in [1.165, 1.54) is 36.8 Å². The first-order chi connectivity index (χ1) is 12.4. The zero-order valence-corrected chi connectivity index (χ0v) is 16.8. The Kier molecular flexibility index (Phi) is 6.18. The van der Waals surface area contributed by atoms with Crippen LogP contribution in [-0.4, -0.2) is 15.7 Å². The minimum atomic E-state index is 0.195. The van der Waals surface area contributed by atoms with Crippen LogP contribution in [0.1, 0.15) is 64.5 Å². The Morgan fingerprint density at radius 1 is 1.15 bits per heavy atom. The molecule has 1 aliphatic carbocycles. The smallest absolute Gasteiger partial charge is 0.0946 e. The first-order valence-electron chi connectivity index (χ1n) is 10.1. The summed E-state index contributed by atoms with van der Waals surface area (Å²) in [5, 5.41) is 0. The molecule has 0 aliphatic heterocycles. The van der Waals surface area contributed by atoms with Crippen molar-refractivity contribution in [2.24, 2.45) is 11.8 Å². The van der Waals surface area contributed by atoms with Gasteiger partial charge in [0.15, 0.2) is 0 Å². The molecule has 1 saturated carbocycles. The second-order valence-corrected chi connectivity index (χ2v) is 8.98. The lowest BCUT2D eigenvalue weighted by Gasteiger charge is -2.35. The van der Waals surface area contributed by atoms with E-state index in [0.29, 0.717) is 12.5 Å². The van der Waals surface area contributed by atoms with Gasteiger partial charge in [0, 0.05) is 12.4 Å². The maximum absolute atomic E-state index is 6.49. The van der Waals surface area contributed by atoms with Crippen LogP contribution in [0.4, 0.5) is 0 Å². The standard InChI is InChI=1S/C23H34N2O/c1-18-7-5-6-8-21(18)22(15-25-14-13-24-17-25)26-16-19-9-11-20(12-10-19)23(2,3)4/h9-14,17-18,21-22H,5-8,15-16H2,1-4H3. The van der Waals surface area contributed by atoms with Gasteiger partial charge >= 0.3 is 0 Å². The van der Waals surface area contributed by atoms with Gasteiger partial charge in [0.25, 0.3) is 0 Å². The second kappa shape index (κ2) is 8.39. The van der Waals surface area contributed by atoms with Gasteiger partial charge in [-0.2, -0.15) is 0 Å². The Morgan fingerprint density at radius 2 is 1.88 bits per heavy atom. The summed E-state index contributed by atoms with van der Waals surface area (Å²) in [4.78, 5) is 4.20. The molecule has 0 spiro atoms. The quantitative estimate of drug-likeness (QED) is 0.676. The molecule has 3 rings (SSSR count). The number of hydrogen-bond donors (Lipinski definition) is 0. The molecule has 142 valence electrons. The van der Waals surface area contributed by atoms with E-state index in [0.717, 1.165) is 12.5 Å². The zero-order valence-electron chi connectivity index (χ0n) is 16.8. The fraction of sp³-hybridized carbons (Fsp3) is 0.609. The first-order valence-corrected chi connectivity index (χ1v) is 10.1. The van der Waals surface area contributed by atoms with E-state index >= 15 is 0 Å². The highest BCUT2D eigenvalue weighted by atomic mass is 16.5. The van der Waals surface area contributed by atoms with E-state index < -0.39 is 0 Å². The van der Waals surface area contributed by atoms with Crippen molar-refractivity contribution in [2.75, 3.05) is 0 Å². The molecule has 1 aromatic carbocycles. The molecule has 0 amide bonds. The summed E-state index contributed by atoms with van der Waals surface area (Å²) in [5.74, 6) is 1.38. The molecule has 3 nitrogen and oxygen atoms in total. The molecule has 3 heteroatoms. The maximum Gasteiger partial charge on any atom is 0.0946 e. The molecule has 2 aromatic rings. The van der Waals surface area contributed by atoms with Crippen LogP contribution in [0.2, 0.25) is 0 Å². The molecule has 3 atom stereocenters. The lowest BCUT2D eigenvalue weighted by molar-refractivity contribution is -0.0365. The Bertz CT molecular complexity index is 655. The summed E-state index contributed by atoms with van der Waals surface area (Å²) in [6, 6.07) is 8.93. The van der Waals surface area contributed by atoms with Crippen LogP contribution >= 0.6 is 0 Å². The van der Waals surface area contributed by atoms with Crippen molar-refractivity contribution >= 4 is 0 Å². The number of nitrogens with zero attached hydrogens (tertiary/aromatic N) is 2. The van der Waals surface area contributed by atoms with Crippen LogP contribution in [0.25, 0.3) is 0 Å². The van der Waals surface area contributed by atoms with Crippen LogP contribution in [0, 0.1) is 11.8 Å². The Labute approximate surface area is 158 Å². The van der Waals surface area contributed by atoms with Crippen LogP contribution in [0.3, 0.4) is 0 Å². The molecule has 0 saturated heterocycles. The predicted octanol–water partition coefficient (Wildman–Crippen LogP) is 5.59. The number of rotatable bonds is 6. The van der Waals surface area contributed by atoms with Gasteiger partial charge in [-0.3, -0.25) is 0 Å². The average molecular weight is 355 g/mol. The van der Waals surface area contributed by atoms with E-state index in [4.69, 9.17) is 4.74 Å². The first kappa shape index (κ1) is 19.2. The van der Waals surface area contributed by atoms with Crippen molar-refractivity contribution in [2.45, 2.75) is 78.0 Å². The van der Waals surface area contributed by atoms with E-state index in [2.05, 4.69) is 61.5 Å². The van der Waals surface area contributed by atoms with Crippen molar-refractivity contribution in [1.29, 1.82) is 0 Å². The van der Waals surface area contributed by atoms with E-state index in [1.807, 2.05) is 18.7 Å². The minimum Gasteiger partial charge on any atom is -0.371 e. The molecule has 3 unspecified atom stereocenters. The monoisotopic (exact) mass is 354 g/mol. The Hall–Kier alpha value is -1.61. The van der Waals surface area contributed by atoms with Gasteiger partial charge in [-0.15, -0.1) is 0 Å². The topological polar surface area (TPSA) is 27.1 Å². The predicted molar refractivity (Wildman–Crippen MR) is 107 cm³/mol. The lowest BCUT2D eigenvalue weighted by atomic mass is 9.77. The van der Waals surface area contributed by atoms with Crippen LogP contribution in [-0.2, 0) is 23.3 Å². The summed E-state index contributed by atoms with van der Waals surface area (Å²) < 4.78 is 8.65. The molecular weight excluding hydrogens is 320 g/mol. The van der Waals surface area contributed by atoms with Crippen LogP contribution < -0.4 is 0 Å². The number of imidazole rings is 1. The maximum atomic E-state index is 6.49. The molecule has 1 aromatic heterocycles. The van der Waals surface area contributed by atoms with Crippen molar-refractivity contribution in [1.82, 2.24) is 9.55 Å². The number of benzene rings is 1. The van der Waals surface area contributed by atoms with Crippen LogP contribution in [0.5, 0.6) is 0 Å². The number of hydrogen-bond acceptors (Lipinski definition) is 2. The molecular formula is C23H34N2O. The molecule has 0 bridgehead atoms. The van der Waals surface area contributed by atoms with Crippen LogP contribution in [0.15, 0.2) is 43.0 Å². The third kappa shape index (κ3) is 4.97. The van der Waals surface area contributed by atoms with Gasteiger partial charge in [0.2, 0.25) is 0 Å². The highest BCUT2D eigenvalue weighted by Crippen LogP contribution is 2.34. The summed E-state index contributed by atoms with van der Waals surface area (Å²) >= 11 is 0. The normalized spacial score (nSPS) is 22.3. The number of aromatic nitrogens is 2. The summed E-state index contributed by atoms with van der Waals surface area (Å²) in [5.41, 5.74) is 2.83. The Morgan fingerprint density at radius 3 is 2.50 bits per heavy atom. The average Bonchev–Trinajstić information content (AvgIpc) is 3.12. The SMILES string of the molecule is CC1CCCCC1C(Cn1ccnc1)OCc1ccc(C(C)(C)C)cc1. The summed E-state index contributed by atoms with van der Waals surface area (Å²) in [7, 11) is 0. The molecule has 0 radical (unpaired) electrons. The second-order valence-electron chi connectivity index (χ2n) is 8.98. The van der Waals surface area contributed by atoms with Gasteiger partial charge < -0.3 is 9.30 Å². The highest BCUT2D eigenvalue weighted by Gasteiger charge is 2.30. The highest BCUT2D eigenvalue weighted by molar-refractivity contribution is 5.27. The largest absolute Gasteiger partial charge is 0.371 e. The van der Waals surface area contributed by atoms with Gasteiger partial charge in [0.1, 0.15) is 0 Å². The Balaban J connectivity index is 1.67. The summed E-state index contributed by atoms with van der Waals surface area (Å²) in [6.45, 7) is 10.7. The zero-order chi connectivity index (χ0) is 18.6. The molecule has 1 aliphatic rings. The van der Waals surface area contributed by atoms with Gasteiger partial charge in [-0.05, 0) is 34.8 Å². The fourth-order valence-electron chi connectivity index (χ4n) is 4.12. The molecule has 26 heavy (non-hydrogen) atoms. The van der Waals surface area contributed by atoms with Gasteiger partial charge in [0.05, 0.1) is 25.6 Å². The fourth-order valence-corrected chi connectivity index (χ4v) is 4.12. The molecule has 1 fully saturated rings. The van der Waals surface area contributed by atoms with Gasteiger partial charge in [-0.25, -0.2) is 4.98 Å². The van der Waals surface area contributed by atoms with Gasteiger partial charge in [-0.1, -0.05) is 71.2 Å². The van der Waals surface area contributed by atoms with Crippen molar-refractivity contribution in [3.8, 4) is 0 Å². The third-order valence-electron chi connectivity index (χ3n) is 5.89.